The summed E-state index contributed by atoms with van der Waals surface area (Å²) in [6.07, 6.45) is 1.02. The first-order valence-corrected chi connectivity index (χ1v) is 8.33. The topological polar surface area (TPSA) is 81.9 Å². The summed E-state index contributed by atoms with van der Waals surface area (Å²) in [6.45, 7) is 0.750. The molecule has 2 aromatic carbocycles. The van der Waals surface area contributed by atoms with E-state index >= 15 is 0 Å². The molecule has 140 valence electrons. The molecule has 0 radical (unpaired) electrons. The summed E-state index contributed by atoms with van der Waals surface area (Å²) < 4.78 is 38.0. The molecule has 27 heavy (non-hydrogen) atoms. The van der Waals surface area contributed by atoms with E-state index in [0.29, 0.717) is 18.4 Å². The number of rotatable bonds is 2. The van der Waals surface area contributed by atoms with Gasteiger partial charge in [-0.2, -0.15) is 0 Å². The van der Waals surface area contributed by atoms with Gasteiger partial charge in [0.05, 0.1) is 16.7 Å². The van der Waals surface area contributed by atoms with Gasteiger partial charge in [0.25, 0.3) is 11.6 Å². The van der Waals surface area contributed by atoms with Gasteiger partial charge in [0.2, 0.25) is 0 Å². The molecule has 0 bridgehead atoms. The van der Waals surface area contributed by atoms with Gasteiger partial charge in [-0.25, -0.2) is 8.78 Å². The van der Waals surface area contributed by atoms with Crippen molar-refractivity contribution in [2.45, 2.75) is 12.8 Å². The number of hydrogen-bond acceptors (Lipinski definition) is 5. The van der Waals surface area contributed by atoms with Crippen LogP contribution in [0.4, 0.5) is 20.2 Å². The van der Waals surface area contributed by atoms with Crippen molar-refractivity contribution in [3.05, 3.63) is 57.1 Å². The average Bonchev–Trinajstić information content (AvgIpc) is 2.67. The van der Waals surface area contributed by atoms with Crippen LogP contribution in [-0.4, -0.2) is 30.6 Å². The molecule has 7 nitrogen and oxygen atoms in total. The third kappa shape index (κ3) is 2.94. The van der Waals surface area contributed by atoms with Crippen LogP contribution >= 0.6 is 0 Å². The fourth-order valence-corrected chi connectivity index (χ4v) is 3.33. The Hall–Kier alpha value is -3.23. The molecule has 2 aliphatic heterocycles. The van der Waals surface area contributed by atoms with Crippen molar-refractivity contribution in [1.82, 2.24) is 0 Å². The first-order chi connectivity index (χ1) is 13.0. The Morgan fingerprint density at radius 2 is 1.74 bits per heavy atom. The number of amides is 1. The fourth-order valence-electron chi connectivity index (χ4n) is 3.33. The molecule has 0 aromatic heterocycles. The van der Waals surface area contributed by atoms with Crippen molar-refractivity contribution in [1.29, 1.82) is 0 Å². The monoisotopic (exact) mass is 376 g/mol. The van der Waals surface area contributed by atoms with Crippen molar-refractivity contribution >= 4 is 17.3 Å². The van der Waals surface area contributed by atoms with E-state index in [4.69, 9.17) is 9.47 Å². The maximum atomic E-state index is 13.7. The van der Waals surface area contributed by atoms with E-state index in [1.165, 1.54) is 11.0 Å². The van der Waals surface area contributed by atoms with Crippen LogP contribution in [0.5, 0.6) is 11.5 Å². The molecule has 2 aliphatic rings. The SMILES string of the molecule is O=C(c1cc2c(cc1[N+](=O)[O-])OCCO2)N1CCCc2cc(F)c(F)cc21. The molecule has 1 amide bonds. The lowest BCUT2D eigenvalue weighted by Gasteiger charge is -2.30. The zero-order valence-corrected chi connectivity index (χ0v) is 14.0. The number of nitro benzene ring substituents is 1. The van der Waals surface area contributed by atoms with Gasteiger partial charge in [0.15, 0.2) is 23.1 Å². The third-order valence-electron chi connectivity index (χ3n) is 4.57. The lowest BCUT2D eigenvalue weighted by molar-refractivity contribution is -0.385. The molecule has 4 rings (SSSR count). The van der Waals surface area contributed by atoms with Crippen LogP contribution < -0.4 is 14.4 Å². The number of benzene rings is 2. The van der Waals surface area contributed by atoms with Gasteiger partial charge in [-0.15, -0.1) is 0 Å². The quantitative estimate of drug-likeness (QED) is 0.594. The lowest BCUT2D eigenvalue weighted by atomic mass is 9.99. The highest BCUT2D eigenvalue weighted by Crippen LogP contribution is 2.38. The summed E-state index contributed by atoms with van der Waals surface area (Å²) in [5.41, 5.74) is 0.0730. The van der Waals surface area contributed by atoms with Gasteiger partial charge >= 0.3 is 0 Å². The van der Waals surface area contributed by atoms with Crippen LogP contribution in [0, 0.1) is 21.7 Å². The van der Waals surface area contributed by atoms with E-state index < -0.39 is 28.2 Å². The number of carbonyl (C=O) groups excluding carboxylic acids is 1. The molecule has 0 saturated carbocycles. The van der Waals surface area contributed by atoms with Gasteiger partial charge < -0.3 is 14.4 Å². The molecule has 0 aliphatic carbocycles. The highest BCUT2D eigenvalue weighted by Gasteiger charge is 2.32. The van der Waals surface area contributed by atoms with E-state index in [1.54, 1.807) is 0 Å². The second-order valence-electron chi connectivity index (χ2n) is 6.23. The van der Waals surface area contributed by atoms with Gasteiger partial charge in [-0.3, -0.25) is 14.9 Å². The van der Waals surface area contributed by atoms with Crippen molar-refractivity contribution in [2.24, 2.45) is 0 Å². The predicted octanol–water partition coefficient (Wildman–Crippen LogP) is 3.24. The zero-order chi connectivity index (χ0) is 19.1. The van der Waals surface area contributed by atoms with Crippen molar-refractivity contribution in [2.75, 3.05) is 24.7 Å². The molecule has 2 aromatic rings. The molecule has 0 fully saturated rings. The number of nitrogens with zero attached hydrogens (tertiary/aromatic N) is 2. The second-order valence-corrected chi connectivity index (χ2v) is 6.23. The van der Waals surface area contributed by atoms with E-state index in [0.717, 1.165) is 18.2 Å². The van der Waals surface area contributed by atoms with Gasteiger partial charge in [-0.1, -0.05) is 0 Å². The Morgan fingerprint density at radius 3 is 2.44 bits per heavy atom. The van der Waals surface area contributed by atoms with Crippen LogP contribution in [0.3, 0.4) is 0 Å². The maximum absolute atomic E-state index is 13.7. The van der Waals surface area contributed by atoms with Gasteiger partial charge in [-0.05, 0) is 24.5 Å². The summed E-state index contributed by atoms with van der Waals surface area (Å²) in [5.74, 6) is -2.32. The predicted molar refractivity (Wildman–Crippen MR) is 90.4 cm³/mol. The van der Waals surface area contributed by atoms with Crippen LogP contribution in [0.15, 0.2) is 24.3 Å². The smallest absolute Gasteiger partial charge is 0.286 e. The number of aryl methyl sites for hydroxylation is 1. The Balaban J connectivity index is 1.80. The molecule has 0 spiro atoms. The summed E-state index contributed by atoms with van der Waals surface area (Å²) in [5, 5.41) is 11.5. The fraction of sp³-hybridized carbons (Fsp3) is 0.278. The summed E-state index contributed by atoms with van der Waals surface area (Å²) >= 11 is 0. The van der Waals surface area contributed by atoms with E-state index in [-0.39, 0.29) is 42.5 Å². The number of anilines is 1. The van der Waals surface area contributed by atoms with Crippen LogP contribution in [0.1, 0.15) is 22.3 Å². The molecule has 0 saturated heterocycles. The standard InChI is InChI=1S/C18H14F2N2O5/c19-12-6-10-2-1-3-21(14(10)8-13(12)20)18(23)11-7-16-17(27-5-4-26-16)9-15(11)22(24)25/h6-9H,1-5H2. The van der Waals surface area contributed by atoms with Crippen molar-refractivity contribution in [3.63, 3.8) is 0 Å². The van der Waals surface area contributed by atoms with Crippen LogP contribution in [0.25, 0.3) is 0 Å². The zero-order valence-electron chi connectivity index (χ0n) is 14.0. The van der Waals surface area contributed by atoms with Gasteiger partial charge in [0.1, 0.15) is 18.8 Å². The minimum atomic E-state index is -1.08. The van der Waals surface area contributed by atoms with Gasteiger partial charge in [0, 0.05) is 18.7 Å². The van der Waals surface area contributed by atoms with Crippen molar-refractivity contribution in [3.8, 4) is 11.5 Å². The number of carbonyl (C=O) groups is 1. The van der Waals surface area contributed by atoms with E-state index in [9.17, 15) is 23.7 Å². The number of ether oxygens (including phenoxy) is 2. The molecule has 2 heterocycles. The highest BCUT2D eigenvalue weighted by atomic mass is 19.2. The number of hydrogen-bond donors (Lipinski definition) is 0. The molecule has 9 heteroatoms. The summed E-state index contributed by atoms with van der Waals surface area (Å²) in [6, 6.07) is 4.43. The number of halogens is 2. The molecule has 0 N–H and O–H groups in total. The Morgan fingerprint density at radius 1 is 1.07 bits per heavy atom. The minimum Gasteiger partial charge on any atom is -0.486 e. The van der Waals surface area contributed by atoms with Crippen LogP contribution in [-0.2, 0) is 6.42 Å². The summed E-state index contributed by atoms with van der Waals surface area (Å²) in [4.78, 5) is 25.1. The first-order valence-electron chi connectivity index (χ1n) is 8.33. The van der Waals surface area contributed by atoms with E-state index in [2.05, 4.69) is 0 Å². The largest absolute Gasteiger partial charge is 0.486 e. The Bertz CT molecular complexity index is 963. The molecule has 0 atom stereocenters. The third-order valence-corrected chi connectivity index (χ3v) is 4.57. The molecular formula is C18H14F2N2O5. The van der Waals surface area contributed by atoms with Crippen molar-refractivity contribution < 1.29 is 28.0 Å². The molecular weight excluding hydrogens is 362 g/mol. The highest BCUT2D eigenvalue weighted by molar-refractivity contribution is 6.09. The number of fused-ring (bicyclic) bond motifs is 2. The van der Waals surface area contributed by atoms with E-state index in [1.807, 2.05) is 0 Å². The Kier molecular flexibility index (Phi) is 4.14. The Labute approximate surface area is 152 Å². The number of nitro groups is 1. The average molecular weight is 376 g/mol. The lowest BCUT2D eigenvalue weighted by Crippen LogP contribution is -2.36. The molecule has 0 unspecified atom stereocenters. The second kappa shape index (κ2) is 6.49. The van der Waals surface area contributed by atoms with Crippen LogP contribution in [0.2, 0.25) is 0 Å². The maximum Gasteiger partial charge on any atom is 0.286 e. The first kappa shape index (κ1) is 17.2. The minimum absolute atomic E-state index is 0.191. The normalized spacial score (nSPS) is 15.3. The summed E-state index contributed by atoms with van der Waals surface area (Å²) in [7, 11) is 0.